The van der Waals surface area contributed by atoms with E-state index >= 15 is 0 Å². The van der Waals surface area contributed by atoms with Crippen LogP contribution >= 0.6 is 11.8 Å². The summed E-state index contributed by atoms with van der Waals surface area (Å²) in [6, 6.07) is 12.0. The summed E-state index contributed by atoms with van der Waals surface area (Å²) < 4.78 is 5.06. The number of anilines is 1. The number of thioether (sulfide) groups is 1. The zero-order valence-electron chi connectivity index (χ0n) is 13.4. The molecule has 0 spiro atoms. The van der Waals surface area contributed by atoms with Crippen LogP contribution in [0.5, 0.6) is 0 Å². The summed E-state index contributed by atoms with van der Waals surface area (Å²) in [6.07, 6.45) is 0. The summed E-state index contributed by atoms with van der Waals surface area (Å²) in [5.41, 5.74) is 2.08. The van der Waals surface area contributed by atoms with Crippen LogP contribution in [0.4, 0.5) is 5.88 Å². The average molecular weight is 331 g/mol. The molecule has 5 nitrogen and oxygen atoms in total. The average Bonchev–Trinajstić information content (AvgIpc) is 3.00. The summed E-state index contributed by atoms with van der Waals surface area (Å²) >= 11 is 1.95. The Kier molecular flexibility index (Phi) is 5.03. The molecule has 122 valence electrons. The van der Waals surface area contributed by atoms with Crippen molar-refractivity contribution in [3.8, 4) is 0 Å². The van der Waals surface area contributed by atoms with Crippen molar-refractivity contribution in [1.82, 2.24) is 10.1 Å². The molecule has 0 saturated carbocycles. The van der Waals surface area contributed by atoms with Crippen LogP contribution in [0.1, 0.15) is 23.4 Å². The van der Waals surface area contributed by atoms with Crippen LogP contribution in [0, 0.1) is 6.92 Å². The van der Waals surface area contributed by atoms with Crippen LogP contribution in [0.2, 0.25) is 0 Å². The number of hydrogen-bond acceptors (Lipinski definition) is 5. The molecule has 1 N–H and O–H groups in total. The summed E-state index contributed by atoms with van der Waals surface area (Å²) in [7, 11) is 0. The van der Waals surface area contributed by atoms with Crippen molar-refractivity contribution >= 4 is 23.6 Å². The summed E-state index contributed by atoms with van der Waals surface area (Å²) in [4.78, 5) is 14.6. The highest BCUT2D eigenvalue weighted by atomic mass is 32.2. The van der Waals surface area contributed by atoms with Gasteiger partial charge in [0.25, 0.3) is 0 Å². The Hall–Kier alpha value is -1.79. The number of carbonyl (C=O) groups excluding carboxylic acids is 1. The maximum absolute atomic E-state index is 12.4. The van der Waals surface area contributed by atoms with Crippen molar-refractivity contribution in [2.45, 2.75) is 25.1 Å². The fraction of sp³-hybridized carbons (Fsp3) is 0.412. The lowest BCUT2D eigenvalue weighted by molar-refractivity contribution is -0.120. The second kappa shape index (κ2) is 7.19. The van der Waals surface area contributed by atoms with Gasteiger partial charge in [0.05, 0.1) is 11.7 Å². The molecule has 0 unspecified atom stereocenters. The van der Waals surface area contributed by atoms with E-state index in [0.29, 0.717) is 11.1 Å². The van der Waals surface area contributed by atoms with Gasteiger partial charge in [-0.2, -0.15) is 11.8 Å². The Morgan fingerprint density at radius 1 is 1.43 bits per heavy atom. The van der Waals surface area contributed by atoms with Crippen LogP contribution in [0.25, 0.3) is 0 Å². The van der Waals surface area contributed by atoms with Gasteiger partial charge < -0.3 is 4.52 Å². The van der Waals surface area contributed by atoms with Crippen LogP contribution in [-0.4, -0.2) is 40.8 Å². The highest BCUT2D eigenvalue weighted by Gasteiger charge is 2.28. The molecule has 0 radical (unpaired) electrons. The molecule has 2 aromatic rings. The van der Waals surface area contributed by atoms with Crippen molar-refractivity contribution in [3.63, 3.8) is 0 Å². The third-order valence-electron chi connectivity index (χ3n) is 4.07. The van der Waals surface area contributed by atoms with Crippen LogP contribution in [0.15, 0.2) is 40.9 Å². The smallest absolute Gasteiger partial charge is 0.243 e. The van der Waals surface area contributed by atoms with Crippen molar-refractivity contribution in [2.75, 3.05) is 24.2 Å². The van der Waals surface area contributed by atoms with Gasteiger partial charge in [-0.15, -0.1) is 0 Å². The topological polar surface area (TPSA) is 58.4 Å². The second-order valence-corrected chi connectivity index (χ2v) is 7.07. The fourth-order valence-electron chi connectivity index (χ4n) is 2.70. The predicted molar refractivity (Wildman–Crippen MR) is 92.5 cm³/mol. The van der Waals surface area contributed by atoms with Gasteiger partial charge in [0.2, 0.25) is 11.8 Å². The molecule has 6 heteroatoms. The first kappa shape index (κ1) is 16.1. The normalized spacial score (nSPS) is 20.2. The lowest BCUT2D eigenvalue weighted by Gasteiger charge is -2.35. The summed E-state index contributed by atoms with van der Waals surface area (Å²) in [5.74, 6) is 1.38. The number of benzene rings is 1. The second-order valence-electron chi connectivity index (χ2n) is 5.76. The van der Waals surface area contributed by atoms with Gasteiger partial charge in [-0.1, -0.05) is 35.5 Å². The maximum Gasteiger partial charge on any atom is 0.243 e. The molecule has 1 aliphatic heterocycles. The van der Waals surface area contributed by atoms with E-state index in [4.69, 9.17) is 4.52 Å². The number of rotatable bonds is 4. The van der Waals surface area contributed by atoms with E-state index < -0.39 is 0 Å². The Morgan fingerprint density at radius 2 is 2.22 bits per heavy atom. The van der Waals surface area contributed by atoms with Gasteiger partial charge in [0.1, 0.15) is 0 Å². The molecule has 1 aromatic carbocycles. The Balaban J connectivity index is 1.62. The molecular weight excluding hydrogens is 310 g/mol. The number of aromatic nitrogens is 1. The van der Waals surface area contributed by atoms with Crippen LogP contribution < -0.4 is 5.32 Å². The van der Waals surface area contributed by atoms with E-state index in [9.17, 15) is 4.79 Å². The van der Waals surface area contributed by atoms with E-state index in [0.717, 1.165) is 24.5 Å². The van der Waals surface area contributed by atoms with E-state index in [1.807, 2.05) is 31.7 Å². The Labute approximate surface area is 140 Å². The van der Waals surface area contributed by atoms with Gasteiger partial charge >= 0.3 is 0 Å². The molecule has 0 bridgehead atoms. The largest absolute Gasteiger partial charge is 0.338 e. The maximum atomic E-state index is 12.4. The zero-order chi connectivity index (χ0) is 16.2. The van der Waals surface area contributed by atoms with Gasteiger partial charge in [-0.25, -0.2) is 0 Å². The fourth-order valence-corrected chi connectivity index (χ4v) is 3.98. The predicted octanol–water partition coefficient (Wildman–Crippen LogP) is 3.10. The summed E-state index contributed by atoms with van der Waals surface area (Å²) in [6.45, 7) is 5.56. The number of carbonyl (C=O) groups is 1. The van der Waals surface area contributed by atoms with Crippen molar-refractivity contribution in [1.29, 1.82) is 0 Å². The molecule has 23 heavy (non-hydrogen) atoms. The third-order valence-corrected chi connectivity index (χ3v) is 5.31. The van der Waals surface area contributed by atoms with Gasteiger partial charge in [-0.05, 0) is 19.4 Å². The molecule has 1 saturated heterocycles. The number of nitrogens with one attached hydrogen (secondary N) is 1. The van der Waals surface area contributed by atoms with E-state index in [1.165, 1.54) is 5.56 Å². The molecule has 2 atom stereocenters. The lowest BCUT2D eigenvalue weighted by Crippen LogP contribution is -2.46. The first-order valence-electron chi connectivity index (χ1n) is 7.78. The standard InChI is InChI=1S/C17H21N3O2S/c1-12-10-16(22-19-12)18-17(21)13(2)20-8-9-23-15(11-20)14-6-4-3-5-7-14/h3-7,10,13,15H,8-9,11H2,1-2H3,(H,18,21)/t13-,15+/m1/s1. The van der Waals surface area contributed by atoms with Gasteiger partial charge in [0, 0.05) is 30.2 Å². The van der Waals surface area contributed by atoms with Crippen LogP contribution in [-0.2, 0) is 4.79 Å². The van der Waals surface area contributed by atoms with Gasteiger partial charge in [-0.3, -0.25) is 15.0 Å². The van der Waals surface area contributed by atoms with E-state index in [-0.39, 0.29) is 11.9 Å². The molecule has 1 aliphatic rings. The number of nitrogens with zero attached hydrogens (tertiary/aromatic N) is 2. The van der Waals surface area contributed by atoms with Crippen molar-refractivity contribution in [2.24, 2.45) is 0 Å². The Morgan fingerprint density at radius 3 is 2.91 bits per heavy atom. The van der Waals surface area contributed by atoms with Gasteiger partial charge in [0.15, 0.2) is 0 Å². The van der Waals surface area contributed by atoms with Crippen molar-refractivity contribution in [3.05, 3.63) is 47.7 Å². The number of hydrogen-bond donors (Lipinski definition) is 1. The highest BCUT2D eigenvalue weighted by molar-refractivity contribution is 7.99. The van der Waals surface area contributed by atoms with E-state index in [2.05, 4.69) is 39.6 Å². The highest BCUT2D eigenvalue weighted by Crippen LogP contribution is 2.33. The minimum absolute atomic E-state index is 0.0557. The Bertz CT molecular complexity index is 659. The molecular formula is C17H21N3O2S. The molecule has 1 fully saturated rings. The van der Waals surface area contributed by atoms with Crippen LogP contribution in [0.3, 0.4) is 0 Å². The third kappa shape index (κ3) is 3.95. The number of amides is 1. The lowest BCUT2D eigenvalue weighted by atomic mass is 10.1. The summed E-state index contributed by atoms with van der Waals surface area (Å²) in [5, 5.41) is 6.99. The number of aryl methyl sites for hydroxylation is 1. The molecule has 2 heterocycles. The minimum Gasteiger partial charge on any atom is -0.338 e. The molecule has 1 aromatic heterocycles. The SMILES string of the molecule is Cc1cc(NC(=O)[C@@H](C)N2CCS[C@H](c3ccccc3)C2)on1. The van der Waals surface area contributed by atoms with E-state index in [1.54, 1.807) is 6.07 Å². The zero-order valence-corrected chi connectivity index (χ0v) is 14.2. The quantitative estimate of drug-likeness (QED) is 0.933. The van der Waals surface area contributed by atoms with Crippen molar-refractivity contribution < 1.29 is 9.32 Å². The molecule has 3 rings (SSSR count). The minimum atomic E-state index is -0.201. The monoisotopic (exact) mass is 331 g/mol. The first-order valence-corrected chi connectivity index (χ1v) is 8.83. The molecule has 0 aliphatic carbocycles. The molecule has 1 amide bonds. The first-order chi connectivity index (χ1) is 11.1.